The number of rotatable bonds is 3. The highest BCUT2D eigenvalue weighted by atomic mass is 16.1. The summed E-state index contributed by atoms with van der Waals surface area (Å²) in [5.74, 6) is 1.08. The minimum atomic E-state index is 0.00359. The van der Waals surface area contributed by atoms with Crippen LogP contribution in [0.5, 0.6) is 0 Å². The number of fused-ring (bicyclic) bond motifs is 1. The van der Waals surface area contributed by atoms with Gasteiger partial charge >= 0.3 is 0 Å². The van der Waals surface area contributed by atoms with Crippen LogP contribution in [-0.2, 0) is 9.59 Å². The fourth-order valence-corrected chi connectivity index (χ4v) is 5.08. The van der Waals surface area contributed by atoms with Crippen LogP contribution in [0.4, 0.5) is 0 Å². The maximum atomic E-state index is 12.6. The third-order valence-electron chi connectivity index (χ3n) is 5.77. The van der Waals surface area contributed by atoms with Crippen LogP contribution in [0.15, 0.2) is 12.2 Å². The molecule has 112 valence electrons. The first-order chi connectivity index (χ1) is 9.18. The van der Waals surface area contributed by atoms with E-state index in [1.165, 1.54) is 6.42 Å². The molecular weight excluding hydrogens is 248 g/mol. The van der Waals surface area contributed by atoms with Crippen molar-refractivity contribution in [1.82, 2.24) is 0 Å². The summed E-state index contributed by atoms with van der Waals surface area (Å²) in [6.45, 7) is 12.6. The van der Waals surface area contributed by atoms with Gasteiger partial charge in [0, 0.05) is 18.8 Å². The molecule has 0 spiro atoms. The van der Waals surface area contributed by atoms with Crippen LogP contribution in [0.2, 0.25) is 0 Å². The quantitative estimate of drug-likeness (QED) is 0.719. The van der Waals surface area contributed by atoms with E-state index in [-0.39, 0.29) is 22.5 Å². The highest BCUT2D eigenvalue weighted by Crippen LogP contribution is 2.60. The number of allylic oxidation sites excluding steroid dienone is 1. The minimum absolute atomic E-state index is 0.00359. The lowest BCUT2D eigenvalue weighted by atomic mass is 9.46. The van der Waals surface area contributed by atoms with Gasteiger partial charge in [0.25, 0.3) is 0 Å². The fourth-order valence-electron chi connectivity index (χ4n) is 5.08. The molecule has 0 amide bonds. The molecule has 0 aliphatic heterocycles. The maximum absolute atomic E-state index is 12.6. The summed E-state index contributed by atoms with van der Waals surface area (Å²) >= 11 is 0. The van der Waals surface area contributed by atoms with Crippen molar-refractivity contribution in [3.05, 3.63) is 12.2 Å². The molecule has 3 atom stereocenters. The van der Waals surface area contributed by atoms with Crippen molar-refractivity contribution in [3.8, 4) is 0 Å². The van der Waals surface area contributed by atoms with E-state index in [0.717, 1.165) is 24.8 Å². The van der Waals surface area contributed by atoms with E-state index in [9.17, 15) is 9.59 Å². The Morgan fingerprint density at radius 3 is 2.55 bits per heavy atom. The molecule has 2 heteroatoms. The SMILES string of the molecule is C=C1CC(=O)C2C(C)(C)CCC[C@]2(C)[C@H]1CCC(C)=O. The molecule has 2 rings (SSSR count). The zero-order valence-electron chi connectivity index (χ0n) is 13.4. The van der Waals surface area contributed by atoms with E-state index in [2.05, 4.69) is 27.4 Å². The lowest BCUT2D eigenvalue weighted by Gasteiger charge is -2.56. The van der Waals surface area contributed by atoms with E-state index in [4.69, 9.17) is 0 Å². The summed E-state index contributed by atoms with van der Waals surface area (Å²) in [6.07, 6.45) is 5.40. The first-order valence-corrected chi connectivity index (χ1v) is 7.88. The monoisotopic (exact) mass is 276 g/mol. The first-order valence-electron chi connectivity index (χ1n) is 7.88. The van der Waals surface area contributed by atoms with Crippen molar-refractivity contribution < 1.29 is 9.59 Å². The van der Waals surface area contributed by atoms with Crippen LogP contribution in [0.1, 0.15) is 66.2 Å². The van der Waals surface area contributed by atoms with Crippen molar-refractivity contribution in [1.29, 1.82) is 0 Å². The highest BCUT2D eigenvalue weighted by Gasteiger charge is 2.56. The Balaban J connectivity index is 2.34. The molecule has 2 nitrogen and oxygen atoms in total. The average molecular weight is 276 g/mol. The smallest absolute Gasteiger partial charge is 0.141 e. The Kier molecular flexibility index (Phi) is 3.96. The molecule has 2 aliphatic carbocycles. The number of Topliss-reactive ketones (excluding diaryl/α,β-unsaturated/α-hetero) is 2. The topological polar surface area (TPSA) is 34.1 Å². The third kappa shape index (κ3) is 2.49. The van der Waals surface area contributed by atoms with Crippen LogP contribution in [0, 0.1) is 22.7 Å². The molecule has 0 bridgehead atoms. The van der Waals surface area contributed by atoms with Gasteiger partial charge in [0.15, 0.2) is 0 Å². The molecule has 20 heavy (non-hydrogen) atoms. The van der Waals surface area contributed by atoms with Gasteiger partial charge in [-0.1, -0.05) is 39.3 Å². The summed E-state index contributed by atoms with van der Waals surface area (Å²) in [6, 6.07) is 0. The van der Waals surface area contributed by atoms with E-state index < -0.39 is 0 Å². The molecule has 0 saturated heterocycles. The van der Waals surface area contributed by atoms with E-state index in [1.807, 2.05) is 0 Å². The second-order valence-corrected chi connectivity index (χ2v) is 7.88. The van der Waals surface area contributed by atoms with Gasteiger partial charge in [0.05, 0.1) is 0 Å². The number of hydrogen-bond acceptors (Lipinski definition) is 2. The van der Waals surface area contributed by atoms with Crippen molar-refractivity contribution in [2.75, 3.05) is 0 Å². The van der Waals surface area contributed by atoms with E-state index in [1.54, 1.807) is 6.92 Å². The number of carbonyl (C=O) groups excluding carboxylic acids is 2. The van der Waals surface area contributed by atoms with Crippen molar-refractivity contribution >= 4 is 11.6 Å². The number of carbonyl (C=O) groups is 2. The lowest BCUT2D eigenvalue weighted by Crippen LogP contribution is -2.53. The molecule has 1 unspecified atom stereocenters. The predicted molar refractivity (Wildman–Crippen MR) is 81.4 cm³/mol. The van der Waals surface area contributed by atoms with Crippen molar-refractivity contribution in [2.24, 2.45) is 22.7 Å². The van der Waals surface area contributed by atoms with Gasteiger partial charge in [-0.25, -0.2) is 0 Å². The summed E-state index contributed by atoms with van der Waals surface area (Å²) in [7, 11) is 0. The third-order valence-corrected chi connectivity index (χ3v) is 5.77. The van der Waals surface area contributed by atoms with Crippen molar-refractivity contribution in [2.45, 2.75) is 66.2 Å². The van der Waals surface area contributed by atoms with E-state index in [0.29, 0.717) is 24.5 Å². The summed E-state index contributed by atoms with van der Waals surface area (Å²) in [5.41, 5.74) is 1.15. The number of hydrogen-bond donors (Lipinski definition) is 0. The van der Waals surface area contributed by atoms with Crippen LogP contribution in [-0.4, -0.2) is 11.6 Å². The highest BCUT2D eigenvalue weighted by molar-refractivity contribution is 5.86. The standard InChI is InChI=1S/C18H28O2/c1-12-11-15(20)16-17(3,4)9-6-10-18(16,5)14(12)8-7-13(2)19/h14,16H,1,6-11H2,2-5H3/t14-,16?,18+/m0/s1. The Bertz CT molecular complexity index is 446. The Hall–Kier alpha value is -0.920. The number of ketones is 2. The Morgan fingerprint density at radius 2 is 1.95 bits per heavy atom. The molecule has 0 aromatic rings. The normalized spacial score (nSPS) is 36.6. The Morgan fingerprint density at radius 1 is 1.30 bits per heavy atom. The predicted octanol–water partition coefficient (Wildman–Crippen LogP) is 4.33. The van der Waals surface area contributed by atoms with Gasteiger partial charge in [0.1, 0.15) is 11.6 Å². The Labute approximate surface area is 123 Å². The molecule has 2 saturated carbocycles. The molecule has 2 aliphatic rings. The maximum Gasteiger partial charge on any atom is 0.141 e. The van der Waals surface area contributed by atoms with Gasteiger partial charge in [-0.2, -0.15) is 0 Å². The van der Waals surface area contributed by atoms with Crippen LogP contribution in [0.3, 0.4) is 0 Å². The molecule has 0 N–H and O–H groups in total. The van der Waals surface area contributed by atoms with Crippen LogP contribution < -0.4 is 0 Å². The van der Waals surface area contributed by atoms with Gasteiger partial charge in [-0.15, -0.1) is 0 Å². The molecule has 0 aromatic heterocycles. The van der Waals surface area contributed by atoms with Gasteiger partial charge < -0.3 is 4.79 Å². The zero-order chi connectivity index (χ0) is 15.1. The first kappa shape index (κ1) is 15.5. The lowest BCUT2D eigenvalue weighted by molar-refractivity contribution is -0.143. The molecule has 0 aromatic carbocycles. The average Bonchev–Trinajstić information content (AvgIpc) is 2.25. The fraction of sp³-hybridized carbons (Fsp3) is 0.778. The second-order valence-electron chi connectivity index (χ2n) is 7.88. The molecule has 0 heterocycles. The van der Waals surface area contributed by atoms with Crippen molar-refractivity contribution in [3.63, 3.8) is 0 Å². The summed E-state index contributed by atoms with van der Waals surface area (Å²) in [4.78, 5) is 24.0. The van der Waals surface area contributed by atoms with E-state index >= 15 is 0 Å². The van der Waals surface area contributed by atoms with Crippen LogP contribution in [0.25, 0.3) is 0 Å². The molecule has 0 radical (unpaired) electrons. The second kappa shape index (κ2) is 5.13. The zero-order valence-corrected chi connectivity index (χ0v) is 13.4. The summed E-state index contributed by atoms with van der Waals surface area (Å²) in [5, 5.41) is 0. The summed E-state index contributed by atoms with van der Waals surface area (Å²) < 4.78 is 0. The molecule has 2 fully saturated rings. The van der Waals surface area contributed by atoms with Gasteiger partial charge in [-0.05, 0) is 42.9 Å². The van der Waals surface area contributed by atoms with Crippen LogP contribution >= 0.6 is 0 Å². The molecular formula is C18H28O2. The van der Waals surface area contributed by atoms with Gasteiger partial charge in [0.2, 0.25) is 0 Å². The largest absolute Gasteiger partial charge is 0.300 e. The van der Waals surface area contributed by atoms with Gasteiger partial charge in [-0.3, -0.25) is 4.79 Å². The minimum Gasteiger partial charge on any atom is -0.300 e.